The van der Waals surface area contributed by atoms with Crippen LogP contribution in [0.1, 0.15) is 34.9 Å². The van der Waals surface area contributed by atoms with Crippen LogP contribution >= 0.6 is 0 Å². The van der Waals surface area contributed by atoms with Gasteiger partial charge in [0.05, 0.1) is 24.9 Å². The number of carbonyl (C=O) groups is 2. The van der Waals surface area contributed by atoms with Gasteiger partial charge in [-0.2, -0.15) is 0 Å². The lowest BCUT2D eigenvalue weighted by molar-refractivity contribution is -0.130. The van der Waals surface area contributed by atoms with Gasteiger partial charge in [-0.3, -0.25) is 9.59 Å². The van der Waals surface area contributed by atoms with Crippen LogP contribution in [0.3, 0.4) is 0 Å². The summed E-state index contributed by atoms with van der Waals surface area (Å²) in [5, 5.41) is 3.04. The summed E-state index contributed by atoms with van der Waals surface area (Å²) in [6.07, 6.45) is 4.25. The second-order valence-electron chi connectivity index (χ2n) is 7.07. The van der Waals surface area contributed by atoms with Gasteiger partial charge in [0.2, 0.25) is 11.7 Å². The highest BCUT2D eigenvalue weighted by Gasteiger charge is 2.52. The first-order valence-electron chi connectivity index (χ1n) is 9.12. The van der Waals surface area contributed by atoms with Crippen molar-refractivity contribution in [1.29, 1.82) is 0 Å². The van der Waals surface area contributed by atoms with E-state index in [1.807, 2.05) is 18.2 Å². The van der Waals surface area contributed by atoms with E-state index in [1.165, 1.54) is 25.1 Å². The largest absolute Gasteiger partial charge is 0.494 e. The van der Waals surface area contributed by atoms with Gasteiger partial charge in [0.15, 0.2) is 5.75 Å². The minimum atomic E-state index is -0.446. The number of carbonyl (C=O) groups excluding carboxylic acids is 2. The molecule has 7 heteroatoms. The summed E-state index contributed by atoms with van der Waals surface area (Å²) in [5.41, 5.74) is 0.730. The molecule has 1 atom stereocenters. The van der Waals surface area contributed by atoms with Crippen molar-refractivity contribution < 1.29 is 14.3 Å². The van der Waals surface area contributed by atoms with E-state index in [-0.39, 0.29) is 23.6 Å². The van der Waals surface area contributed by atoms with Crippen molar-refractivity contribution in [3.63, 3.8) is 0 Å². The lowest BCUT2D eigenvalue weighted by Gasteiger charge is -2.40. The van der Waals surface area contributed by atoms with Gasteiger partial charge in [0.1, 0.15) is 0 Å². The van der Waals surface area contributed by atoms with Crippen LogP contribution in [0, 0.1) is 5.41 Å². The highest BCUT2D eigenvalue weighted by molar-refractivity contribution is 5.91. The van der Waals surface area contributed by atoms with Crippen LogP contribution in [0.15, 0.2) is 42.7 Å². The smallest absolute Gasteiger partial charge is 0.291 e. The second-order valence-corrected chi connectivity index (χ2v) is 7.07. The Morgan fingerprint density at radius 2 is 1.85 bits per heavy atom. The fourth-order valence-corrected chi connectivity index (χ4v) is 4.20. The van der Waals surface area contributed by atoms with E-state index in [1.54, 1.807) is 4.90 Å². The minimum Gasteiger partial charge on any atom is -0.494 e. The first-order valence-corrected chi connectivity index (χ1v) is 9.12. The number of rotatable bonds is 3. The Kier molecular flexibility index (Phi) is 4.51. The number of amides is 2. The molecule has 4 rings (SSSR count). The van der Waals surface area contributed by atoms with Gasteiger partial charge >= 0.3 is 0 Å². The average molecular weight is 366 g/mol. The van der Waals surface area contributed by atoms with Gasteiger partial charge in [-0.05, 0) is 18.4 Å². The van der Waals surface area contributed by atoms with Crippen LogP contribution in [0.2, 0.25) is 0 Å². The lowest BCUT2D eigenvalue weighted by Crippen LogP contribution is -2.48. The standard InChI is InChI=1S/C20H22N4O3/c1-27-15-11-21-17(22-12-15)18(25)24-9-7-20(8-10-24)16(13-23-19(20)26)14-5-3-2-4-6-14/h2-6,11-12,16H,7-10,13H2,1H3,(H,23,26). The summed E-state index contributed by atoms with van der Waals surface area (Å²) in [7, 11) is 1.53. The molecule has 2 amide bonds. The topological polar surface area (TPSA) is 84.4 Å². The third kappa shape index (κ3) is 3.03. The number of piperidine rings is 1. The molecule has 1 unspecified atom stereocenters. The zero-order valence-corrected chi connectivity index (χ0v) is 15.2. The van der Waals surface area contributed by atoms with Gasteiger partial charge in [0, 0.05) is 25.6 Å². The predicted octanol–water partition coefficient (Wildman–Crippen LogP) is 1.62. The van der Waals surface area contributed by atoms with Crippen molar-refractivity contribution in [3.8, 4) is 5.75 Å². The molecule has 0 bridgehead atoms. The molecular weight excluding hydrogens is 344 g/mol. The summed E-state index contributed by atoms with van der Waals surface area (Å²) in [6, 6.07) is 10.2. The Labute approximate surface area is 157 Å². The molecule has 2 fully saturated rings. The first kappa shape index (κ1) is 17.5. The van der Waals surface area contributed by atoms with Crippen LogP contribution < -0.4 is 10.1 Å². The molecule has 2 saturated heterocycles. The molecule has 3 heterocycles. The number of hydrogen-bond donors (Lipinski definition) is 1. The van der Waals surface area contributed by atoms with Gasteiger partial charge < -0.3 is 15.0 Å². The number of hydrogen-bond acceptors (Lipinski definition) is 5. The predicted molar refractivity (Wildman–Crippen MR) is 98.3 cm³/mol. The number of nitrogens with zero attached hydrogens (tertiary/aromatic N) is 3. The Hall–Kier alpha value is -2.96. The zero-order chi connectivity index (χ0) is 18.9. The monoisotopic (exact) mass is 366 g/mol. The van der Waals surface area contributed by atoms with Crippen LogP contribution in [-0.2, 0) is 4.79 Å². The fraction of sp³-hybridized carbons (Fsp3) is 0.400. The van der Waals surface area contributed by atoms with E-state index in [0.29, 0.717) is 38.2 Å². The van der Waals surface area contributed by atoms with Gasteiger partial charge in [-0.15, -0.1) is 0 Å². The molecule has 2 aromatic rings. The van der Waals surface area contributed by atoms with Crippen molar-refractivity contribution in [2.45, 2.75) is 18.8 Å². The molecule has 1 aromatic carbocycles. The molecule has 2 aliphatic rings. The Balaban J connectivity index is 1.50. The van der Waals surface area contributed by atoms with E-state index in [0.717, 1.165) is 0 Å². The average Bonchev–Trinajstić information content (AvgIpc) is 3.04. The number of benzene rings is 1. The fourth-order valence-electron chi connectivity index (χ4n) is 4.20. The van der Waals surface area contributed by atoms with E-state index in [4.69, 9.17) is 4.74 Å². The molecule has 2 aliphatic heterocycles. The molecule has 0 aliphatic carbocycles. The molecule has 0 saturated carbocycles. The maximum Gasteiger partial charge on any atom is 0.291 e. The normalized spacial score (nSPS) is 21.1. The molecule has 0 radical (unpaired) electrons. The number of aromatic nitrogens is 2. The summed E-state index contributed by atoms with van der Waals surface area (Å²) in [5.74, 6) is 0.701. The second kappa shape index (κ2) is 6.98. The molecule has 7 nitrogen and oxygen atoms in total. The number of ether oxygens (including phenoxy) is 1. The molecule has 1 N–H and O–H groups in total. The molecule has 140 valence electrons. The Morgan fingerprint density at radius 1 is 1.19 bits per heavy atom. The van der Waals surface area contributed by atoms with Crippen LogP contribution in [0.25, 0.3) is 0 Å². The summed E-state index contributed by atoms with van der Waals surface area (Å²) in [6.45, 7) is 1.69. The van der Waals surface area contributed by atoms with Crippen molar-refractivity contribution in [2.75, 3.05) is 26.7 Å². The Morgan fingerprint density at radius 3 is 2.48 bits per heavy atom. The van der Waals surface area contributed by atoms with Gasteiger partial charge in [-0.1, -0.05) is 30.3 Å². The third-order valence-corrected chi connectivity index (χ3v) is 5.79. The highest BCUT2D eigenvalue weighted by Crippen LogP contribution is 2.47. The molecule has 1 aromatic heterocycles. The molecule has 1 spiro atoms. The van der Waals surface area contributed by atoms with E-state index in [9.17, 15) is 9.59 Å². The lowest BCUT2D eigenvalue weighted by atomic mass is 9.68. The summed E-state index contributed by atoms with van der Waals surface area (Å²) >= 11 is 0. The van der Waals surface area contributed by atoms with Gasteiger partial charge in [0.25, 0.3) is 5.91 Å². The van der Waals surface area contributed by atoms with Crippen molar-refractivity contribution >= 4 is 11.8 Å². The maximum atomic E-state index is 12.7. The zero-order valence-electron chi connectivity index (χ0n) is 15.2. The van der Waals surface area contributed by atoms with E-state index in [2.05, 4.69) is 27.4 Å². The van der Waals surface area contributed by atoms with Crippen molar-refractivity contribution in [2.24, 2.45) is 5.41 Å². The Bertz CT molecular complexity index is 830. The molecule has 27 heavy (non-hydrogen) atoms. The third-order valence-electron chi connectivity index (χ3n) is 5.79. The SMILES string of the molecule is COc1cnc(C(=O)N2CCC3(CC2)C(=O)NCC3c2ccccc2)nc1. The number of nitrogens with one attached hydrogen (secondary N) is 1. The van der Waals surface area contributed by atoms with Crippen LogP contribution in [-0.4, -0.2) is 53.4 Å². The van der Waals surface area contributed by atoms with Crippen molar-refractivity contribution in [1.82, 2.24) is 20.2 Å². The number of likely N-dealkylation sites (tertiary alicyclic amines) is 1. The summed E-state index contributed by atoms with van der Waals surface area (Å²) in [4.78, 5) is 35.3. The first-order chi connectivity index (χ1) is 13.1. The molecular formula is C20H22N4O3. The highest BCUT2D eigenvalue weighted by atomic mass is 16.5. The van der Waals surface area contributed by atoms with Crippen LogP contribution in [0.5, 0.6) is 5.75 Å². The maximum absolute atomic E-state index is 12.7. The van der Waals surface area contributed by atoms with Crippen molar-refractivity contribution in [3.05, 3.63) is 54.1 Å². The number of methoxy groups -OCH3 is 1. The van der Waals surface area contributed by atoms with Gasteiger partial charge in [-0.25, -0.2) is 9.97 Å². The van der Waals surface area contributed by atoms with E-state index >= 15 is 0 Å². The van der Waals surface area contributed by atoms with Crippen LogP contribution in [0.4, 0.5) is 0 Å². The quantitative estimate of drug-likeness (QED) is 0.892. The minimum absolute atomic E-state index is 0.101. The van der Waals surface area contributed by atoms with E-state index < -0.39 is 5.41 Å². The summed E-state index contributed by atoms with van der Waals surface area (Å²) < 4.78 is 5.03.